The Hall–Kier alpha value is -3.24. The van der Waals surface area contributed by atoms with Gasteiger partial charge in [0.15, 0.2) is 12.0 Å². The Morgan fingerprint density at radius 1 is 1.24 bits per heavy atom. The lowest BCUT2D eigenvalue weighted by Crippen LogP contribution is -2.56. The fourth-order valence-electron chi connectivity index (χ4n) is 5.31. The maximum absolute atomic E-state index is 15.7. The van der Waals surface area contributed by atoms with Crippen molar-refractivity contribution < 1.29 is 18.3 Å². The Kier molecular flexibility index (Phi) is 5.83. The number of amides is 1. The lowest BCUT2D eigenvalue weighted by atomic mass is 9.74. The monoisotopic (exact) mass is 508 g/mol. The van der Waals surface area contributed by atoms with E-state index in [0.717, 1.165) is 29.7 Å². The van der Waals surface area contributed by atoms with E-state index >= 15 is 4.39 Å². The second-order valence-electron chi connectivity index (χ2n) is 11.0. The fraction of sp³-hybridized carbons (Fsp3) is 0.481. The molecule has 10 heteroatoms. The predicted octanol–water partition coefficient (Wildman–Crippen LogP) is 3.86. The SMILES string of the molecule is Cn1cnnc1C(F)C1(c2cccc(NC(=O)c3cc(CN4CC(C)(F)C4)cc(C4CC4)n3)c2)COC1. The smallest absolute Gasteiger partial charge is 0.274 e. The zero-order valence-corrected chi connectivity index (χ0v) is 21.0. The number of hydrogen-bond acceptors (Lipinski definition) is 6. The molecule has 1 unspecified atom stereocenters. The minimum atomic E-state index is -1.41. The van der Waals surface area contributed by atoms with Crippen molar-refractivity contribution in [1.29, 1.82) is 0 Å². The van der Waals surface area contributed by atoms with Gasteiger partial charge in [-0.2, -0.15) is 0 Å². The maximum Gasteiger partial charge on any atom is 0.274 e. The standard InChI is InChI=1S/C27H30F2N6O2/c1-26(29)12-35(13-26)11-17-8-21(18-6-7-18)32-22(9-17)25(36)31-20-5-3-4-19(10-20)27(14-37-15-27)23(28)24-33-30-16-34(24)2/h3-5,8-10,16,18,23H,6-7,11-15H2,1-2H3,(H,31,36). The number of likely N-dealkylation sites (tertiary alicyclic amines) is 1. The summed E-state index contributed by atoms with van der Waals surface area (Å²) in [5, 5.41) is 10.7. The van der Waals surface area contributed by atoms with E-state index in [-0.39, 0.29) is 24.9 Å². The molecule has 37 heavy (non-hydrogen) atoms. The average molecular weight is 509 g/mol. The average Bonchev–Trinajstić information content (AvgIpc) is 3.58. The molecule has 1 saturated carbocycles. The molecule has 1 atom stereocenters. The highest BCUT2D eigenvalue weighted by atomic mass is 19.1. The molecule has 2 aliphatic heterocycles. The van der Waals surface area contributed by atoms with Gasteiger partial charge in [0.05, 0.1) is 18.6 Å². The van der Waals surface area contributed by atoms with E-state index < -0.39 is 17.3 Å². The van der Waals surface area contributed by atoms with Gasteiger partial charge >= 0.3 is 0 Å². The number of alkyl halides is 2. The van der Waals surface area contributed by atoms with Gasteiger partial charge in [-0.3, -0.25) is 9.69 Å². The Bertz CT molecular complexity index is 1330. The topological polar surface area (TPSA) is 85.2 Å². The number of ether oxygens (including phenoxy) is 1. The lowest BCUT2D eigenvalue weighted by molar-refractivity contribution is -0.102. The van der Waals surface area contributed by atoms with Crippen molar-refractivity contribution in [2.75, 3.05) is 31.6 Å². The van der Waals surface area contributed by atoms with E-state index in [4.69, 9.17) is 4.74 Å². The molecule has 2 saturated heterocycles. The molecule has 8 nitrogen and oxygen atoms in total. The van der Waals surface area contributed by atoms with Crippen LogP contribution in [0.3, 0.4) is 0 Å². The van der Waals surface area contributed by atoms with Gasteiger partial charge in [0.25, 0.3) is 5.91 Å². The van der Waals surface area contributed by atoms with Crippen LogP contribution in [-0.4, -0.2) is 62.5 Å². The molecule has 194 valence electrons. The second kappa shape index (κ2) is 8.95. The van der Waals surface area contributed by atoms with Crippen LogP contribution in [0, 0.1) is 0 Å². The molecule has 4 heterocycles. The van der Waals surface area contributed by atoms with Crippen LogP contribution in [0.25, 0.3) is 0 Å². The molecule has 2 aromatic heterocycles. The molecule has 3 fully saturated rings. The zero-order valence-electron chi connectivity index (χ0n) is 21.0. The molecule has 0 radical (unpaired) electrons. The molecule has 1 aromatic carbocycles. The van der Waals surface area contributed by atoms with Crippen LogP contribution in [0.4, 0.5) is 14.5 Å². The fourth-order valence-corrected chi connectivity index (χ4v) is 5.31. The summed E-state index contributed by atoms with van der Waals surface area (Å²) >= 11 is 0. The van der Waals surface area contributed by atoms with Crippen molar-refractivity contribution in [3.05, 3.63) is 71.1 Å². The van der Waals surface area contributed by atoms with Gasteiger partial charge in [-0.25, -0.2) is 13.8 Å². The van der Waals surface area contributed by atoms with Crippen LogP contribution < -0.4 is 5.32 Å². The first kappa shape index (κ1) is 24.1. The Labute approximate surface area is 214 Å². The lowest BCUT2D eigenvalue weighted by Gasteiger charge is -2.43. The summed E-state index contributed by atoms with van der Waals surface area (Å²) in [4.78, 5) is 19.9. The molecule has 6 rings (SSSR count). The molecule has 1 amide bonds. The second-order valence-corrected chi connectivity index (χ2v) is 11.0. The number of carbonyl (C=O) groups is 1. The summed E-state index contributed by atoms with van der Waals surface area (Å²) in [5.74, 6) is 0.281. The summed E-state index contributed by atoms with van der Waals surface area (Å²) in [6, 6.07) is 11.0. The molecule has 3 aromatic rings. The van der Waals surface area contributed by atoms with Crippen molar-refractivity contribution in [3.63, 3.8) is 0 Å². The molecule has 3 aliphatic rings. The van der Waals surface area contributed by atoms with Crippen LogP contribution in [-0.2, 0) is 23.7 Å². The van der Waals surface area contributed by atoms with Gasteiger partial charge in [-0.15, -0.1) is 10.2 Å². The van der Waals surface area contributed by atoms with Gasteiger partial charge < -0.3 is 14.6 Å². The number of nitrogens with one attached hydrogen (secondary N) is 1. The summed E-state index contributed by atoms with van der Waals surface area (Å²) in [5.41, 5.74) is 1.43. The summed E-state index contributed by atoms with van der Waals surface area (Å²) in [7, 11) is 1.71. The first-order chi connectivity index (χ1) is 17.7. The Balaban J connectivity index is 1.22. The van der Waals surface area contributed by atoms with E-state index in [0.29, 0.717) is 36.9 Å². The number of halogens is 2. The number of aryl methyl sites for hydroxylation is 1. The number of hydrogen-bond donors (Lipinski definition) is 1. The summed E-state index contributed by atoms with van der Waals surface area (Å²) < 4.78 is 36.7. The number of rotatable bonds is 8. The predicted molar refractivity (Wildman–Crippen MR) is 133 cm³/mol. The molecule has 0 spiro atoms. The molecule has 1 N–H and O–H groups in total. The highest BCUT2D eigenvalue weighted by molar-refractivity contribution is 6.03. The number of anilines is 1. The molecule has 0 bridgehead atoms. The summed E-state index contributed by atoms with van der Waals surface area (Å²) in [6.45, 7) is 3.38. The number of nitrogens with zero attached hydrogens (tertiary/aromatic N) is 5. The highest BCUT2D eigenvalue weighted by Gasteiger charge is 2.50. The van der Waals surface area contributed by atoms with Crippen molar-refractivity contribution >= 4 is 11.6 Å². The number of aromatic nitrogens is 4. The van der Waals surface area contributed by atoms with Crippen LogP contribution >= 0.6 is 0 Å². The molecular formula is C27H30F2N6O2. The quantitative estimate of drug-likeness (QED) is 0.498. The third-order valence-electron chi connectivity index (χ3n) is 7.52. The van der Waals surface area contributed by atoms with Gasteiger partial charge in [-0.1, -0.05) is 12.1 Å². The minimum Gasteiger partial charge on any atom is -0.379 e. The van der Waals surface area contributed by atoms with E-state index in [1.807, 2.05) is 17.0 Å². The molecular weight excluding hydrogens is 478 g/mol. The highest BCUT2D eigenvalue weighted by Crippen LogP contribution is 2.45. The zero-order chi connectivity index (χ0) is 25.8. The first-order valence-corrected chi connectivity index (χ1v) is 12.6. The largest absolute Gasteiger partial charge is 0.379 e. The maximum atomic E-state index is 15.7. The molecule has 1 aliphatic carbocycles. The van der Waals surface area contributed by atoms with E-state index in [2.05, 4.69) is 20.5 Å². The number of benzene rings is 1. The first-order valence-electron chi connectivity index (χ1n) is 12.6. The van der Waals surface area contributed by atoms with Crippen molar-refractivity contribution in [2.45, 2.75) is 49.5 Å². The van der Waals surface area contributed by atoms with Gasteiger partial charge in [-0.05, 0) is 55.2 Å². The Morgan fingerprint density at radius 2 is 2.03 bits per heavy atom. The minimum absolute atomic E-state index is 0.210. The van der Waals surface area contributed by atoms with Crippen molar-refractivity contribution in [1.82, 2.24) is 24.6 Å². The number of pyridine rings is 1. The third kappa shape index (κ3) is 4.64. The van der Waals surface area contributed by atoms with Crippen LogP contribution in [0.1, 0.15) is 65.0 Å². The number of carbonyl (C=O) groups excluding carboxylic acids is 1. The van der Waals surface area contributed by atoms with E-state index in [1.54, 1.807) is 42.8 Å². The van der Waals surface area contributed by atoms with Gasteiger partial charge in [0.2, 0.25) is 0 Å². The normalized spacial score (nSPS) is 21.1. The van der Waals surface area contributed by atoms with Crippen molar-refractivity contribution in [3.8, 4) is 0 Å². The van der Waals surface area contributed by atoms with Gasteiger partial charge in [0.1, 0.15) is 17.7 Å². The summed E-state index contributed by atoms with van der Waals surface area (Å²) in [6.07, 6.45) is 2.19. The Morgan fingerprint density at radius 3 is 2.65 bits per heavy atom. The third-order valence-corrected chi connectivity index (χ3v) is 7.52. The van der Waals surface area contributed by atoms with E-state index in [1.165, 1.54) is 6.33 Å². The van der Waals surface area contributed by atoms with E-state index in [9.17, 15) is 9.18 Å². The van der Waals surface area contributed by atoms with Crippen molar-refractivity contribution in [2.24, 2.45) is 7.05 Å². The van der Waals surface area contributed by atoms with Crippen LogP contribution in [0.5, 0.6) is 0 Å². The van der Waals surface area contributed by atoms with Crippen LogP contribution in [0.2, 0.25) is 0 Å². The van der Waals surface area contributed by atoms with Crippen LogP contribution in [0.15, 0.2) is 42.7 Å². The van der Waals surface area contributed by atoms with Gasteiger partial charge in [0, 0.05) is 44.0 Å².